The van der Waals surface area contributed by atoms with Crippen molar-refractivity contribution in [2.75, 3.05) is 0 Å². The van der Waals surface area contributed by atoms with E-state index in [1.54, 1.807) is 11.3 Å². The number of H-pyrrole nitrogens is 1. The molecule has 0 aliphatic rings. The Kier molecular flexibility index (Phi) is 4.30. The minimum atomic E-state index is 0.894. The van der Waals surface area contributed by atoms with E-state index >= 15 is 0 Å². The first-order chi connectivity index (χ1) is 11.2. The van der Waals surface area contributed by atoms with Crippen molar-refractivity contribution in [1.29, 1.82) is 0 Å². The highest BCUT2D eigenvalue weighted by atomic mass is 32.1. The largest absolute Gasteiger partial charge is 0.354 e. The molecule has 1 N–H and O–H groups in total. The molecule has 3 rings (SSSR count). The number of allylic oxidation sites excluding steroid dienone is 5. The van der Waals surface area contributed by atoms with Crippen LogP contribution in [0.2, 0.25) is 0 Å². The molecule has 3 aromatic rings. The molecule has 2 heterocycles. The normalized spacial score (nSPS) is 12.5. The summed E-state index contributed by atoms with van der Waals surface area (Å²) < 4.78 is 1.19. The van der Waals surface area contributed by atoms with Crippen LogP contribution in [-0.2, 0) is 0 Å². The van der Waals surface area contributed by atoms with E-state index in [-0.39, 0.29) is 0 Å². The Bertz CT molecular complexity index is 951. The van der Waals surface area contributed by atoms with Crippen LogP contribution < -0.4 is 0 Å². The summed E-state index contributed by atoms with van der Waals surface area (Å²) in [4.78, 5) is 8.26. The molecule has 3 heteroatoms. The molecule has 1 aromatic carbocycles. The highest BCUT2D eigenvalue weighted by Gasteiger charge is 2.13. The van der Waals surface area contributed by atoms with E-state index in [4.69, 9.17) is 4.98 Å². The third-order valence-corrected chi connectivity index (χ3v) is 5.14. The summed E-state index contributed by atoms with van der Waals surface area (Å²) in [5.41, 5.74) is 5.57. The van der Waals surface area contributed by atoms with E-state index in [0.717, 1.165) is 33.7 Å². The number of aromatic amines is 1. The van der Waals surface area contributed by atoms with Crippen molar-refractivity contribution >= 4 is 44.1 Å². The summed E-state index contributed by atoms with van der Waals surface area (Å²) in [5, 5.41) is 2.25. The van der Waals surface area contributed by atoms with Crippen molar-refractivity contribution in [2.45, 2.75) is 20.3 Å². The summed E-state index contributed by atoms with van der Waals surface area (Å²) in [6.45, 7) is 12.0. The minimum Gasteiger partial charge on any atom is -0.354 e. The molecule has 0 amide bonds. The minimum absolute atomic E-state index is 0.894. The van der Waals surface area contributed by atoms with Crippen LogP contribution >= 0.6 is 11.3 Å². The van der Waals surface area contributed by atoms with Crippen LogP contribution in [0.5, 0.6) is 0 Å². The van der Waals surface area contributed by atoms with Crippen molar-refractivity contribution in [3.63, 3.8) is 0 Å². The molecule has 0 aliphatic heterocycles. The first kappa shape index (κ1) is 15.5. The van der Waals surface area contributed by atoms with Gasteiger partial charge in [-0.15, -0.1) is 11.3 Å². The molecule has 2 nitrogen and oxygen atoms in total. The maximum absolute atomic E-state index is 4.79. The first-order valence-electron chi connectivity index (χ1n) is 7.68. The average Bonchev–Trinajstić information content (AvgIpc) is 3.12. The monoisotopic (exact) mass is 320 g/mol. The van der Waals surface area contributed by atoms with Crippen LogP contribution in [0.25, 0.3) is 32.8 Å². The van der Waals surface area contributed by atoms with E-state index in [9.17, 15) is 0 Å². The standard InChI is InChI=1S/C20H20N2S/c1-5-8-9-10-14(6-2)20-22-17-12-11-15-13(4)16(7-3)21-18(15)19(17)23-20/h5-8,10-12,21H,2-3,9H2,1,4H3/b8-5-,14-10+. The van der Waals surface area contributed by atoms with Crippen LogP contribution in [-0.4, -0.2) is 9.97 Å². The van der Waals surface area contributed by atoms with Gasteiger partial charge in [0.2, 0.25) is 0 Å². The third kappa shape index (κ3) is 2.68. The SMILES string of the molecule is C=C/C(=C\C/C=C\C)c1nc2ccc3c(C)c(C=C)[nH]c3c2s1. The van der Waals surface area contributed by atoms with Gasteiger partial charge >= 0.3 is 0 Å². The number of nitrogens with zero attached hydrogens (tertiary/aromatic N) is 1. The summed E-state index contributed by atoms with van der Waals surface area (Å²) in [6.07, 6.45) is 11.0. The van der Waals surface area contributed by atoms with Gasteiger partial charge in [-0.1, -0.05) is 43.5 Å². The van der Waals surface area contributed by atoms with Gasteiger partial charge < -0.3 is 4.98 Å². The molecule has 0 bridgehead atoms. The molecule has 0 atom stereocenters. The quantitative estimate of drug-likeness (QED) is 0.436. The van der Waals surface area contributed by atoms with Crippen molar-refractivity contribution in [1.82, 2.24) is 9.97 Å². The van der Waals surface area contributed by atoms with Crippen LogP contribution in [0.4, 0.5) is 0 Å². The van der Waals surface area contributed by atoms with E-state index in [0.29, 0.717) is 0 Å². The Hall–Kier alpha value is -2.39. The molecule has 0 aliphatic carbocycles. The second kappa shape index (κ2) is 6.39. The van der Waals surface area contributed by atoms with Gasteiger partial charge in [0, 0.05) is 16.7 Å². The Morgan fingerprint density at radius 2 is 2.17 bits per heavy atom. The van der Waals surface area contributed by atoms with E-state index in [2.05, 4.69) is 55.4 Å². The molecule has 0 spiro atoms. The van der Waals surface area contributed by atoms with Gasteiger partial charge in [-0.25, -0.2) is 4.98 Å². The predicted octanol–water partition coefficient (Wildman–Crippen LogP) is 6.26. The van der Waals surface area contributed by atoms with Gasteiger partial charge in [-0.2, -0.15) is 0 Å². The van der Waals surface area contributed by atoms with Gasteiger partial charge in [-0.05, 0) is 38.0 Å². The number of thiazole rings is 1. The molecular formula is C20H20N2S. The second-order valence-corrected chi connectivity index (χ2v) is 6.39. The zero-order valence-electron chi connectivity index (χ0n) is 13.5. The number of nitrogens with one attached hydrogen (secondary N) is 1. The molecule has 0 radical (unpaired) electrons. The molecule has 116 valence electrons. The van der Waals surface area contributed by atoms with Gasteiger partial charge in [0.05, 0.1) is 15.7 Å². The van der Waals surface area contributed by atoms with E-state index in [1.807, 2.05) is 19.1 Å². The van der Waals surface area contributed by atoms with Gasteiger partial charge in [0.1, 0.15) is 5.01 Å². The van der Waals surface area contributed by atoms with Gasteiger partial charge in [0.15, 0.2) is 0 Å². The first-order valence-corrected chi connectivity index (χ1v) is 8.49. The Morgan fingerprint density at radius 3 is 2.87 bits per heavy atom. The second-order valence-electron chi connectivity index (χ2n) is 5.39. The fourth-order valence-corrected chi connectivity index (χ4v) is 3.82. The smallest absolute Gasteiger partial charge is 0.124 e. The van der Waals surface area contributed by atoms with Crippen LogP contribution in [0.1, 0.15) is 29.6 Å². The number of hydrogen-bond acceptors (Lipinski definition) is 2. The molecule has 0 saturated carbocycles. The molecular weight excluding hydrogens is 300 g/mol. The Morgan fingerprint density at radius 1 is 1.35 bits per heavy atom. The maximum Gasteiger partial charge on any atom is 0.124 e. The summed E-state index contributed by atoms with van der Waals surface area (Å²) in [6, 6.07) is 4.23. The number of aryl methyl sites for hydroxylation is 1. The molecule has 0 saturated heterocycles. The maximum atomic E-state index is 4.79. The fraction of sp³-hybridized carbons (Fsp3) is 0.150. The zero-order valence-corrected chi connectivity index (χ0v) is 14.3. The van der Waals surface area contributed by atoms with E-state index in [1.165, 1.54) is 15.6 Å². The molecule has 0 fully saturated rings. The van der Waals surface area contributed by atoms with Gasteiger partial charge in [0.25, 0.3) is 0 Å². The Balaban J connectivity index is 2.18. The number of hydrogen-bond donors (Lipinski definition) is 1. The highest BCUT2D eigenvalue weighted by molar-refractivity contribution is 7.20. The number of benzene rings is 1. The van der Waals surface area contributed by atoms with Crippen molar-refractivity contribution in [2.24, 2.45) is 0 Å². The topological polar surface area (TPSA) is 28.7 Å². The average molecular weight is 320 g/mol. The van der Waals surface area contributed by atoms with Gasteiger partial charge in [-0.3, -0.25) is 0 Å². The molecule has 23 heavy (non-hydrogen) atoms. The number of rotatable bonds is 5. The molecule has 0 unspecified atom stereocenters. The van der Waals surface area contributed by atoms with Crippen molar-refractivity contribution in [3.8, 4) is 0 Å². The molecule has 2 aromatic heterocycles. The summed E-state index contributed by atoms with van der Waals surface area (Å²) in [7, 11) is 0. The van der Waals surface area contributed by atoms with Crippen LogP contribution in [0.3, 0.4) is 0 Å². The summed E-state index contributed by atoms with van der Waals surface area (Å²) >= 11 is 1.71. The summed E-state index contributed by atoms with van der Waals surface area (Å²) in [5.74, 6) is 0. The lowest BCUT2D eigenvalue weighted by Crippen LogP contribution is -1.78. The van der Waals surface area contributed by atoms with Crippen molar-refractivity contribution < 1.29 is 0 Å². The zero-order chi connectivity index (χ0) is 16.4. The van der Waals surface area contributed by atoms with Crippen LogP contribution in [0.15, 0.2) is 49.6 Å². The number of fused-ring (bicyclic) bond motifs is 3. The third-order valence-electron chi connectivity index (χ3n) is 4.01. The number of aromatic nitrogens is 2. The van der Waals surface area contributed by atoms with Crippen molar-refractivity contribution in [3.05, 3.63) is 65.9 Å². The van der Waals surface area contributed by atoms with E-state index < -0.39 is 0 Å². The fourth-order valence-electron chi connectivity index (χ4n) is 2.72. The lowest BCUT2D eigenvalue weighted by atomic mass is 10.1. The predicted molar refractivity (Wildman–Crippen MR) is 104 cm³/mol. The lowest BCUT2D eigenvalue weighted by Gasteiger charge is -1.94. The highest BCUT2D eigenvalue weighted by Crippen LogP contribution is 2.35. The Labute approximate surface area is 140 Å². The van der Waals surface area contributed by atoms with Crippen LogP contribution in [0, 0.1) is 6.92 Å². The lowest BCUT2D eigenvalue weighted by molar-refractivity contribution is 1.36.